The summed E-state index contributed by atoms with van der Waals surface area (Å²) < 4.78 is 5.77. The molecule has 1 aliphatic heterocycles. The Bertz CT molecular complexity index is 850. The molecule has 2 aromatic carbocycles. The minimum absolute atomic E-state index is 0.0183. The topological polar surface area (TPSA) is 98.7 Å². The van der Waals surface area contributed by atoms with Gasteiger partial charge in [-0.25, -0.2) is 0 Å². The Morgan fingerprint density at radius 3 is 2.75 bits per heavy atom. The fraction of sp³-hybridized carbons (Fsp3) is 0.364. The third-order valence-electron chi connectivity index (χ3n) is 5.21. The van der Waals surface area contributed by atoms with Crippen LogP contribution in [0.1, 0.15) is 46.0 Å². The maximum atomic E-state index is 12.9. The van der Waals surface area contributed by atoms with Gasteiger partial charge in [0.25, 0.3) is 11.8 Å². The van der Waals surface area contributed by atoms with Gasteiger partial charge in [-0.3, -0.25) is 9.59 Å². The number of hydrogen-bond acceptors (Lipinski definition) is 4. The van der Waals surface area contributed by atoms with Gasteiger partial charge in [-0.2, -0.15) is 0 Å². The van der Waals surface area contributed by atoms with E-state index in [1.165, 1.54) is 0 Å². The molecule has 1 saturated heterocycles. The van der Waals surface area contributed by atoms with Crippen molar-refractivity contribution < 1.29 is 14.3 Å². The smallest absolute Gasteiger partial charge is 0.253 e. The Labute approximate surface area is 165 Å². The monoisotopic (exact) mass is 381 g/mol. The Kier molecular flexibility index (Phi) is 6.31. The van der Waals surface area contributed by atoms with Crippen LogP contribution in [0.3, 0.4) is 0 Å². The number of carbonyl (C=O) groups is 2. The van der Waals surface area contributed by atoms with E-state index in [0.29, 0.717) is 29.3 Å². The van der Waals surface area contributed by atoms with E-state index in [0.717, 1.165) is 24.9 Å². The van der Waals surface area contributed by atoms with Gasteiger partial charge < -0.3 is 21.1 Å². The van der Waals surface area contributed by atoms with Gasteiger partial charge in [-0.05, 0) is 55.5 Å². The second-order valence-corrected chi connectivity index (χ2v) is 7.36. The Balaban J connectivity index is 1.69. The molecule has 0 aliphatic carbocycles. The number of rotatable bonds is 6. The molecule has 0 unspecified atom stereocenters. The summed E-state index contributed by atoms with van der Waals surface area (Å²) in [5.74, 6) is 0.259. The van der Waals surface area contributed by atoms with E-state index in [9.17, 15) is 9.59 Å². The first-order valence-electron chi connectivity index (χ1n) is 9.61. The molecule has 2 atom stereocenters. The molecule has 0 aromatic heterocycles. The van der Waals surface area contributed by atoms with E-state index >= 15 is 0 Å². The van der Waals surface area contributed by atoms with Gasteiger partial charge >= 0.3 is 0 Å². The zero-order chi connectivity index (χ0) is 20.1. The van der Waals surface area contributed by atoms with Gasteiger partial charge in [0, 0.05) is 24.7 Å². The van der Waals surface area contributed by atoms with E-state index in [1.807, 2.05) is 36.1 Å². The van der Waals surface area contributed by atoms with Crippen LogP contribution in [0, 0.1) is 5.92 Å². The van der Waals surface area contributed by atoms with Gasteiger partial charge in [0.05, 0.1) is 5.56 Å². The second-order valence-electron chi connectivity index (χ2n) is 7.36. The van der Waals surface area contributed by atoms with Gasteiger partial charge in [-0.1, -0.05) is 24.3 Å². The van der Waals surface area contributed by atoms with Gasteiger partial charge in [-0.15, -0.1) is 0 Å². The van der Waals surface area contributed by atoms with Crippen LogP contribution >= 0.6 is 0 Å². The Hall–Kier alpha value is -2.86. The third kappa shape index (κ3) is 4.70. The lowest BCUT2D eigenvalue weighted by atomic mass is 9.92. The summed E-state index contributed by atoms with van der Waals surface area (Å²) in [4.78, 5) is 26.3. The summed E-state index contributed by atoms with van der Waals surface area (Å²) in [6.45, 7) is 3.70. The molecular formula is C22H27N3O3. The maximum absolute atomic E-state index is 12.9. The van der Waals surface area contributed by atoms with Crippen LogP contribution in [0.4, 0.5) is 0 Å². The summed E-state index contributed by atoms with van der Waals surface area (Å²) in [5, 5.41) is 0. The van der Waals surface area contributed by atoms with E-state index in [1.54, 1.807) is 24.3 Å². The number of nitrogens with two attached hydrogens (primary N) is 2. The highest BCUT2D eigenvalue weighted by molar-refractivity contribution is 5.95. The third-order valence-corrected chi connectivity index (χ3v) is 5.21. The predicted molar refractivity (Wildman–Crippen MR) is 108 cm³/mol. The summed E-state index contributed by atoms with van der Waals surface area (Å²) in [7, 11) is 0. The summed E-state index contributed by atoms with van der Waals surface area (Å²) in [5.41, 5.74) is 13.2. The highest BCUT2D eigenvalue weighted by Crippen LogP contribution is 2.22. The zero-order valence-electron chi connectivity index (χ0n) is 16.1. The van der Waals surface area contributed by atoms with Crippen LogP contribution in [0.5, 0.6) is 5.75 Å². The molecule has 1 aliphatic rings. The second kappa shape index (κ2) is 8.89. The number of piperidine rings is 1. The van der Waals surface area contributed by atoms with E-state index in [-0.39, 0.29) is 18.6 Å². The van der Waals surface area contributed by atoms with Crippen molar-refractivity contribution in [2.75, 3.05) is 13.1 Å². The molecule has 1 fully saturated rings. The molecule has 1 heterocycles. The minimum Gasteiger partial charge on any atom is -0.488 e. The average molecular weight is 381 g/mol. The SMILES string of the molecule is C[C@@H](N)[C@H]1CCCN(C(=O)c2cccc(COc3ccccc3C(N)=O)c2)C1. The van der Waals surface area contributed by atoms with E-state index < -0.39 is 5.91 Å². The molecule has 2 amide bonds. The van der Waals surface area contributed by atoms with Crippen molar-refractivity contribution in [3.05, 3.63) is 65.2 Å². The lowest BCUT2D eigenvalue weighted by Gasteiger charge is -2.34. The number of para-hydroxylation sites is 1. The van der Waals surface area contributed by atoms with Gasteiger partial charge in [0.15, 0.2) is 0 Å². The summed E-state index contributed by atoms with van der Waals surface area (Å²) in [6.07, 6.45) is 2.04. The molecule has 4 N–H and O–H groups in total. The van der Waals surface area contributed by atoms with Crippen LogP contribution in [0.25, 0.3) is 0 Å². The number of ether oxygens (including phenoxy) is 1. The van der Waals surface area contributed by atoms with E-state index in [4.69, 9.17) is 16.2 Å². The fourth-order valence-corrected chi connectivity index (χ4v) is 3.56. The predicted octanol–water partition coefficient (Wildman–Crippen LogP) is 2.56. The number of likely N-dealkylation sites (tertiary alicyclic amines) is 1. The summed E-state index contributed by atoms with van der Waals surface area (Å²) in [6, 6.07) is 14.3. The molecule has 2 aromatic rings. The zero-order valence-corrected chi connectivity index (χ0v) is 16.1. The first-order valence-corrected chi connectivity index (χ1v) is 9.61. The number of primary amides is 1. The molecule has 28 heavy (non-hydrogen) atoms. The molecule has 148 valence electrons. The van der Waals surface area contributed by atoms with Gasteiger partial charge in [0.1, 0.15) is 12.4 Å². The lowest BCUT2D eigenvalue weighted by molar-refractivity contribution is 0.0660. The fourth-order valence-electron chi connectivity index (χ4n) is 3.56. The van der Waals surface area contributed by atoms with Crippen LogP contribution in [0.2, 0.25) is 0 Å². The average Bonchev–Trinajstić information content (AvgIpc) is 2.72. The van der Waals surface area contributed by atoms with E-state index in [2.05, 4.69) is 0 Å². The first-order chi connectivity index (χ1) is 13.5. The number of hydrogen-bond donors (Lipinski definition) is 2. The Morgan fingerprint density at radius 1 is 1.21 bits per heavy atom. The molecule has 3 rings (SSSR count). The van der Waals surface area contributed by atoms with Crippen molar-refractivity contribution in [3.8, 4) is 5.75 Å². The summed E-state index contributed by atoms with van der Waals surface area (Å²) >= 11 is 0. The molecule has 0 radical (unpaired) electrons. The van der Waals surface area contributed by atoms with Gasteiger partial charge in [0.2, 0.25) is 0 Å². The molecule has 0 bridgehead atoms. The van der Waals surface area contributed by atoms with Crippen LogP contribution in [-0.4, -0.2) is 35.8 Å². The van der Waals surface area contributed by atoms with Crippen LogP contribution in [-0.2, 0) is 6.61 Å². The first kappa shape index (κ1) is 19.9. The molecule has 6 nitrogen and oxygen atoms in total. The van der Waals surface area contributed by atoms with Crippen LogP contribution < -0.4 is 16.2 Å². The van der Waals surface area contributed by atoms with Crippen molar-refractivity contribution in [2.45, 2.75) is 32.4 Å². The Morgan fingerprint density at radius 2 is 2.00 bits per heavy atom. The van der Waals surface area contributed by atoms with Crippen LogP contribution in [0.15, 0.2) is 48.5 Å². The van der Waals surface area contributed by atoms with Crippen molar-refractivity contribution in [1.29, 1.82) is 0 Å². The highest BCUT2D eigenvalue weighted by atomic mass is 16.5. The maximum Gasteiger partial charge on any atom is 0.253 e. The number of amides is 2. The highest BCUT2D eigenvalue weighted by Gasteiger charge is 2.26. The largest absolute Gasteiger partial charge is 0.488 e. The lowest BCUT2D eigenvalue weighted by Crippen LogP contribution is -2.45. The molecule has 6 heteroatoms. The molecule has 0 spiro atoms. The standard InChI is InChI=1S/C22H27N3O3/c1-15(23)18-8-5-11-25(13-18)22(27)17-7-4-6-16(12-17)14-28-20-10-3-2-9-19(20)21(24)26/h2-4,6-7,9-10,12,15,18H,5,8,11,13-14,23H2,1H3,(H2,24,26)/t15-,18+/m1/s1. The molecule has 0 saturated carbocycles. The number of carbonyl (C=O) groups excluding carboxylic acids is 2. The van der Waals surface area contributed by atoms with Crippen molar-refractivity contribution in [1.82, 2.24) is 4.90 Å². The quantitative estimate of drug-likeness (QED) is 0.803. The molecular weight excluding hydrogens is 354 g/mol. The number of nitrogens with zero attached hydrogens (tertiary/aromatic N) is 1. The normalized spacial score (nSPS) is 17.8. The van der Waals surface area contributed by atoms with Crippen molar-refractivity contribution in [2.24, 2.45) is 17.4 Å². The number of benzene rings is 2. The van der Waals surface area contributed by atoms with Crippen molar-refractivity contribution in [3.63, 3.8) is 0 Å². The van der Waals surface area contributed by atoms with Crippen molar-refractivity contribution >= 4 is 11.8 Å². The minimum atomic E-state index is -0.534.